The van der Waals surface area contributed by atoms with E-state index in [9.17, 15) is 25.5 Å². The molecule has 7 heteroatoms. The third kappa shape index (κ3) is 10.2. The highest BCUT2D eigenvalue weighted by molar-refractivity contribution is 4.81. The van der Waals surface area contributed by atoms with Gasteiger partial charge in [-0.3, -0.25) is 4.90 Å². The second kappa shape index (κ2) is 13.1. The average Bonchev–Trinajstić information content (AvgIpc) is 2.52. The normalized spacial score (nSPS) is 18.7. The minimum Gasteiger partial charge on any atom is -0.392 e. The van der Waals surface area contributed by atoms with Crippen LogP contribution in [0.2, 0.25) is 0 Å². The van der Waals surface area contributed by atoms with Crippen molar-refractivity contribution in [3.05, 3.63) is 0 Å². The van der Waals surface area contributed by atoms with Crippen molar-refractivity contribution in [2.24, 2.45) is 0 Å². The number of ether oxygens (including phenoxy) is 1. The van der Waals surface area contributed by atoms with Crippen LogP contribution < -0.4 is 0 Å². The monoisotopic (exact) mass is 337 g/mol. The summed E-state index contributed by atoms with van der Waals surface area (Å²) in [6.07, 6.45) is -3.15. The van der Waals surface area contributed by atoms with Gasteiger partial charge in [0.05, 0.1) is 18.3 Å². The van der Waals surface area contributed by atoms with Gasteiger partial charge in [0.15, 0.2) is 0 Å². The number of aliphatic hydroxyl groups excluding tert-OH is 5. The number of hydrogen-bond acceptors (Lipinski definition) is 7. The van der Waals surface area contributed by atoms with E-state index in [1.165, 1.54) is 6.92 Å². The van der Waals surface area contributed by atoms with Crippen LogP contribution in [0.3, 0.4) is 0 Å². The Kier molecular flexibility index (Phi) is 12.9. The van der Waals surface area contributed by atoms with Gasteiger partial charge >= 0.3 is 0 Å². The van der Waals surface area contributed by atoms with Gasteiger partial charge in [-0.25, -0.2) is 0 Å². The summed E-state index contributed by atoms with van der Waals surface area (Å²) in [4.78, 5) is 1.79. The Balaban J connectivity index is 4.12. The van der Waals surface area contributed by atoms with E-state index in [0.29, 0.717) is 32.7 Å². The Hall–Kier alpha value is -0.280. The van der Waals surface area contributed by atoms with Crippen LogP contribution in [-0.4, -0.2) is 93.8 Å². The molecule has 0 rings (SSSR count). The van der Waals surface area contributed by atoms with E-state index in [0.717, 1.165) is 12.8 Å². The van der Waals surface area contributed by atoms with Crippen LogP contribution in [-0.2, 0) is 4.74 Å². The lowest BCUT2D eigenvalue weighted by molar-refractivity contribution is -0.107. The molecule has 0 aromatic rings. The minimum absolute atomic E-state index is 0.106. The third-order valence-electron chi connectivity index (χ3n) is 3.84. The van der Waals surface area contributed by atoms with Crippen molar-refractivity contribution in [3.8, 4) is 0 Å². The van der Waals surface area contributed by atoms with Gasteiger partial charge in [0, 0.05) is 26.3 Å². The van der Waals surface area contributed by atoms with E-state index in [1.54, 1.807) is 4.90 Å². The van der Waals surface area contributed by atoms with E-state index in [-0.39, 0.29) is 6.54 Å². The van der Waals surface area contributed by atoms with Gasteiger partial charge in [0.2, 0.25) is 0 Å². The lowest BCUT2D eigenvalue weighted by Gasteiger charge is -2.30. The molecule has 5 unspecified atom stereocenters. The summed E-state index contributed by atoms with van der Waals surface area (Å²) in [5.74, 6) is 0. The van der Waals surface area contributed by atoms with E-state index < -0.39 is 30.5 Å². The van der Waals surface area contributed by atoms with Crippen LogP contribution in [0.15, 0.2) is 0 Å². The summed E-state index contributed by atoms with van der Waals surface area (Å²) in [5.41, 5.74) is 0. The first-order valence-corrected chi connectivity index (χ1v) is 8.53. The molecule has 0 heterocycles. The highest BCUT2D eigenvalue weighted by Crippen LogP contribution is 2.08. The zero-order valence-corrected chi connectivity index (χ0v) is 14.6. The molecule has 0 aliphatic carbocycles. The van der Waals surface area contributed by atoms with E-state index in [2.05, 4.69) is 6.92 Å². The quantitative estimate of drug-likeness (QED) is 0.267. The number of rotatable bonds is 14. The summed E-state index contributed by atoms with van der Waals surface area (Å²) >= 11 is 0. The first-order chi connectivity index (χ1) is 10.8. The second-order valence-corrected chi connectivity index (χ2v) is 6.05. The van der Waals surface area contributed by atoms with Crippen LogP contribution >= 0.6 is 0 Å². The fourth-order valence-corrected chi connectivity index (χ4v) is 2.18. The topological polar surface area (TPSA) is 114 Å². The first kappa shape index (κ1) is 22.7. The molecule has 0 saturated carbocycles. The zero-order chi connectivity index (χ0) is 17.8. The molecular formula is C16H35NO6. The van der Waals surface area contributed by atoms with Gasteiger partial charge < -0.3 is 30.3 Å². The number of likely N-dealkylation sites (N-methyl/N-ethyl adjacent to an activating group) is 1. The van der Waals surface area contributed by atoms with E-state index in [1.807, 2.05) is 6.92 Å². The van der Waals surface area contributed by atoms with E-state index in [4.69, 9.17) is 4.74 Å². The zero-order valence-electron chi connectivity index (χ0n) is 14.6. The van der Waals surface area contributed by atoms with Crippen LogP contribution in [0.25, 0.3) is 0 Å². The maximum absolute atomic E-state index is 10.0. The van der Waals surface area contributed by atoms with Crippen molar-refractivity contribution in [3.63, 3.8) is 0 Å². The second-order valence-electron chi connectivity index (χ2n) is 6.05. The maximum Gasteiger partial charge on any atom is 0.109 e. The molecule has 5 atom stereocenters. The number of aliphatic hydroxyl groups is 5. The lowest BCUT2D eigenvalue weighted by Crippen LogP contribution is -2.49. The predicted molar refractivity (Wildman–Crippen MR) is 88.2 cm³/mol. The van der Waals surface area contributed by atoms with Gasteiger partial charge in [0.25, 0.3) is 0 Å². The van der Waals surface area contributed by atoms with Crippen LogP contribution in [0.1, 0.15) is 40.0 Å². The molecule has 0 aromatic carbocycles. The van der Waals surface area contributed by atoms with Crippen LogP contribution in [0, 0.1) is 0 Å². The largest absolute Gasteiger partial charge is 0.392 e. The predicted octanol–water partition coefficient (Wildman–Crippen LogP) is -0.660. The maximum atomic E-state index is 10.0. The molecule has 0 radical (unpaired) electrons. The molecule has 0 aliphatic rings. The molecule has 7 nitrogen and oxygen atoms in total. The molecule has 0 fully saturated rings. The Bertz CT molecular complexity index is 279. The number of nitrogens with zero attached hydrogens (tertiary/aromatic N) is 1. The Morgan fingerprint density at radius 1 is 0.913 bits per heavy atom. The molecule has 0 saturated heterocycles. The third-order valence-corrected chi connectivity index (χ3v) is 3.84. The number of hydrogen-bond donors (Lipinski definition) is 5. The molecule has 140 valence electrons. The van der Waals surface area contributed by atoms with Gasteiger partial charge in [0.1, 0.15) is 12.2 Å². The van der Waals surface area contributed by atoms with Crippen LogP contribution in [0.4, 0.5) is 0 Å². The molecule has 0 bridgehead atoms. The highest BCUT2D eigenvalue weighted by Gasteiger charge is 2.29. The first-order valence-electron chi connectivity index (χ1n) is 8.53. The Morgan fingerprint density at radius 2 is 1.57 bits per heavy atom. The summed E-state index contributed by atoms with van der Waals surface area (Å²) in [7, 11) is 0. The SMILES string of the molecule is CCCCOCCC(O)CN(CC)CC(O)C(O)C(O)C(C)O. The fourth-order valence-electron chi connectivity index (χ4n) is 2.18. The van der Waals surface area contributed by atoms with Gasteiger partial charge in [-0.2, -0.15) is 0 Å². The molecule has 0 spiro atoms. The van der Waals surface area contributed by atoms with Crippen molar-refractivity contribution in [2.45, 2.75) is 70.6 Å². The Labute approximate surface area is 139 Å². The van der Waals surface area contributed by atoms with E-state index >= 15 is 0 Å². The molecule has 5 N–H and O–H groups in total. The van der Waals surface area contributed by atoms with Crippen molar-refractivity contribution in [2.75, 3.05) is 32.8 Å². The van der Waals surface area contributed by atoms with Gasteiger partial charge in [-0.05, 0) is 26.3 Å². The fraction of sp³-hybridized carbons (Fsp3) is 1.00. The summed E-state index contributed by atoms with van der Waals surface area (Å²) in [6.45, 7) is 7.55. The average molecular weight is 337 g/mol. The lowest BCUT2D eigenvalue weighted by atomic mass is 10.0. The molecule has 0 aromatic heterocycles. The summed E-state index contributed by atoms with van der Waals surface area (Å²) < 4.78 is 5.41. The van der Waals surface area contributed by atoms with Crippen LogP contribution in [0.5, 0.6) is 0 Å². The number of unbranched alkanes of at least 4 members (excludes halogenated alkanes) is 1. The van der Waals surface area contributed by atoms with Crippen molar-refractivity contribution in [1.29, 1.82) is 0 Å². The smallest absolute Gasteiger partial charge is 0.109 e. The molecular weight excluding hydrogens is 302 g/mol. The summed E-state index contributed by atoms with van der Waals surface area (Å²) in [5, 5.41) is 48.6. The van der Waals surface area contributed by atoms with Gasteiger partial charge in [-0.15, -0.1) is 0 Å². The standard InChI is InChI=1S/C16H35NO6/c1-4-6-8-23-9-7-13(19)10-17(5-2)11-14(20)16(22)15(21)12(3)18/h12-16,18-22H,4-11H2,1-3H3. The molecule has 0 amide bonds. The molecule has 0 aliphatic heterocycles. The van der Waals surface area contributed by atoms with Crippen molar-refractivity contribution >= 4 is 0 Å². The minimum atomic E-state index is -1.43. The van der Waals surface area contributed by atoms with Crippen molar-refractivity contribution < 1.29 is 30.3 Å². The van der Waals surface area contributed by atoms with Crippen molar-refractivity contribution in [1.82, 2.24) is 4.90 Å². The Morgan fingerprint density at radius 3 is 2.09 bits per heavy atom. The van der Waals surface area contributed by atoms with Gasteiger partial charge in [-0.1, -0.05) is 20.3 Å². The highest BCUT2D eigenvalue weighted by atomic mass is 16.5. The molecule has 23 heavy (non-hydrogen) atoms. The summed E-state index contributed by atoms with van der Waals surface area (Å²) in [6, 6.07) is 0.